The van der Waals surface area contributed by atoms with Gasteiger partial charge in [-0.15, -0.1) is 0 Å². The van der Waals surface area contributed by atoms with E-state index in [9.17, 15) is 9.18 Å². The Morgan fingerprint density at radius 2 is 1.82 bits per heavy atom. The van der Waals surface area contributed by atoms with Gasteiger partial charge < -0.3 is 0 Å². The summed E-state index contributed by atoms with van der Waals surface area (Å²) in [6.45, 7) is 0. The lowest BCUT2D eigenvalue weighted by atomic mass is 9.86. The highest BCUT2D eigenvalue weighted by Crippen LogP contribution is 2.26. The van der Waals surface area contributed by atoms with Crippen molar-refractivity contribution in [1.29, 1.82) is 0 Å². The average Bonchev–Trinajstić information content (AvgIpc) is 2.28. The van der Waals surface area contributed by atoms with E-state index < -0.39 is 5.82 Å². The lowest BCUT2D eigenvalue weighted by Crippen LogP contribution is -2.17. The van der Waals surface area contributed by atoms with Gasteiger partial charge in [0.15, 0.2) is 11.6 Å². The Morgan fingerprint density at radius 1 is 1.18 bits per heavy atom. The van der Waals surface area contributed by atoms with E-state index in [0.717, 1.165) is 31.9 Å². The maximum absolute atomic E-state index is 13.5. The third-order valence-corrected chi connectivity index (χ3v) is 3.51. The molecule has 0 N–H and O–H groups in total. The fourth-order valence-corrected chi connectivity index (χ4v) is 2.51. The van der Waals surface area contributed by atoms with Crippen molar-refractivity contribution in [2.45, 2.75) is 44.9 Å². The molecule has 1 aromatic rings. The van der Waals surface area contributed by atoms with E-state index in [4.69, 9.17) is 0 Å². The highest BCUT2D eigenvalue weighted by atomic mass is 19.1. The molecule has 0 radical (unpaired) electrons. The van der Waals surface area contributed by atoms with Gasteiger partial charge in [-0.05, 0) is 18.9 Å². The molecule has 0 amide bonds. The fourth-order valence-electron chi connectivity index (χ4n) is 2.51. The van der Waals surface area contributed by atoms with E-state index in [1.807, 2.05) is 0 Å². The summed E-state index contributed by atoms with van der Waals surface area (Å²) in [6.07, 6.45) is 10.2. The molecular formula is C14H18FNO. The summed E-state index contributed by atoms with van der Waals surface area (Å²) in [5.41, 5.74) is 0.213. The summed E-state index contributed by atoms with van der Waals surface area (Å²) in [5, 5.41) is 0. The second-order valence-electron chi connectivity index (χ2n) is 4.76. The number of pyridine rings is 1. The van der Waals surface area contributed by atoms with Crippen molar-refractivity contribution in [2.24, 2.45) is 5.92 Å². The van der Waals surface area contributed by atoms with Gasteiger partial charge in [0.25, 0.3) is 0 Å². The first-order chi connectivity index (χ1) is 8.29. The van der Waals surface area contributed by atoms with Gasteiger partial charge in [-0.2, -0.15) is 0 Å². The van der Waals surface area contributed by atoms with Crippen molar-refractivity contribution in [3.63, 3.8) is 0 Å². The number of carbonyl (C=O) groups excluding carboxylic acids is 1. The predicted molar refractivity (Wildman–Crippen MR) is 64.3 cm³/mol. The molecule has 0 saturated heterocycles. The molecule has 1 aliphatic rings. The van der Waals surface area contributed by atoms with Gasteiger partial charge in [-0.3, -0.25) is 9.78 Å². The van der Waals surface area contributed by atoms with Gasteiger partial charge in [-0.1, -0.05) is 32.1 Å². The van der Waals surface area contributed by atoms with Crippen molar-refractivity contribution in [3.8, 4) is 0 Å². The number of halogens is 1. The molecule has 0 bridgehead atoms. The smallest absolute Gasteiger partial charge is 0.168 e. The number of hydrogen-bond donors (Lipinski definition) is 0. The lowest BCUT2D eigenvalue weighted by Gasteiger charge is -2.18. The molecule has 1 fully saturated rings. The molecule has 0 unspecified atom stereocenters. The highest BCUT2D eigenvalue weighted by Gasteiger charge is 2.22. The summed E-state index contributed by atoms with van der Waals surface area (Å²) in [5.74, 6) is -0.515. The molecule has 0 spiro atoms. The number of ketones is 1. The average molecular weight is 235 g/mol. The van der Waals surface area contributed by atoms with Crippen LogP contribution < -0.4 is 0 Å². The van der Waals surface area contributed by atoms with E-state index in [1.54, 1.807) is 0 Å². The number of rotatable bonds is 2. The second-order valence-corrected chi connectivity index (χ2v) is 4.76. The van der Waals surface area contributed by atoms with Crippen LogP contribution in [0.15, 0.2) is 18.5 Å². The number of Topliss-reactive ketones (excluding diaryl/α,β-unsaturated/α-hetero) is 1. The summed E-state index contributed by atoms with van der Waals surface area (Å²) >= 11 is 0. The van der Waals surface area contributed by atoms with Gasteiger partial charge in [-0.25, -0.2) is 4.39 Å². The number of carbonyl (C=O) groups is 1. The standard InChI is InChI=1S/C14H18FNO/c15-13-10-16-9-8-12(13)14(17)11-6-4-2-1-3-5-7-11/h8-11H,1-7H2. The van der Waals surface area contributed by atoms with Crippen LogP contribution in [0.4, 0.5) is 4.39 Å². The molecule has 2 nitrogen and oxygen atoms in total. The zero-order valence-electron chi connectivity index (χ0n) is 9.99. The molecule has 0 atom stereocenters. The number of nitrogens with zero attached hydrogens (tertiary/aromatic N) is 1. The zero-order valence-corrected chi connectivity index (χ0v) is 9.99. The minimum Gasteiger partial charge on any atom is -0.294 e. The van der Waals surface area contributed by atoms with Crippen molar-refractivity contribution in [3.05, 3.63) is 29.8 Å². The number of hydrogen-bond acceptors (Lipinski definition) is 2. The lowest BCUT2D eigenvalue weighted by molar-refractivity contribution is 0.0894. The quantitative estimate of drug-likeness (QED) is 0.730. The molecule has 17 heavy (non-hydrogen) atoms. The van der Waals surface area contributed by atoms with Gasteiger partial charge in [0.1, 0.15) is 0 Å². The van der Waals surface area contributed by atoms with E-state index in [1.165, 1.54) is 31.5 Å². The molecule has 92 valence electrons. The van der Waals surface area contributed by atoms with Crippen LogP contribution in [0, 0.1) is 11.7 Å². The minimum atomic E-state index is -0.487. The van der Waals surface area contributed by atoms with Crippen molar-refractivity contribution < 1.29 is 9.18 Å². The van der Waals surface area contributed by atoms with E-state index in [2.05, 4.69) is 4.98 Å². The van der Waals surface area contributed by atoms with Crippen molar-refractivity contribution in [2.75, 3.05) is 0 Å². The van der Waals surface area contributed by atoms with Gasteiger partial charge >= 0.3 is 0 Å². The highest BCUT2D eigenvalue weighted by molar-refractivity contribution is 5.97. The Hall–Kier alpha value is -1.25. The van der Waals surface area contributed by atoms with E-state index in [0.29, 0.717) is 0 Å². The largest absolute Gasteiger partial charge is 0.294 e. The summed E-state index contributed by atoms with van der Waals surface area (Å²) < 4.78 is 13.5. The van der Waals surface area contributed by atoms with Crippen LogP contribution in [-0.2, 0) is 0 Å². The minimum absolute atomic E-state index is 0.00667. The van der Waals surface area contributed by atoms with Crippen LogP contribution in [0.3, 0.4) is 0 Å². The predicted octanol–water partition coefficient (Wildman–Crippen LogP) is 3.76. The molecular weight excluding hydrogens is 217 g/mol. The Kier molecular flexibility index (Phi) is 4.24. The Balaban J connectivity index is 2.10. The SMILES string of the molecule is O=C(c1ccncc1F)C1CCCCCCC1. The maximum Gasteiger partial charge on any atom is 0.168 e. The zero-order chi connectivity index (χ0) is 12.1. The van der Waals surface area contributed by atoms with Crippen LogP contribution in [0.25, 0.3) is 0 Å². The monoisotopic (exact) mass is 235 g/mol. The molecule has 1 aliphatic carbocycles. The third-order valence-electron chi connectivity index (χ3n) is 3.51. The molecule has 3 heteroatoms. The third kappa shape index (κ3) is 3.11. The van der Waals surface area contributed by atoms with Crippen LogP contribution in [-0.4, -0.2) is 10.8 Å². The second kappa shape index (κ2) is 5.89. The first kappa shape index (κ1) is 12.2. The van der Waals surface area contributed by atoms with E-state index >= 15 is 0 Å². The topological polar surface area (TPSA) is 30.0 Å². The molecule has 2 rings (SSSR count). The van der Waals surface area contributed by atoms with E-state index in [-0.39, 0.29) is 17.3 Å². The fraction of sp³-hybridized carbons (Fsp3) is 0.571. The Morgan fingerprint density at radius 3 is 2.47 bits per heavy atom. The van der Waals surface area contributed by atoms with Crippen molar-refractivity contribution >= 4 is 5.78 Å². The van der Waals surface area contributed by atoms with Gasteiger partial charge in [0.2, 0.25) is 0 Å². The van der Waals surface area contributed by atoms with Crippen LogP contribution in [0.5, 0.6) is 0 Å². The van der Waals surface area contributed by atoms with Crippen LogP contribution in [0.2, 0.25) is 0 Å². The number of aromatic nitrogens is 1. The molecule has 0 aliphatic heterocycles. The normalized spacial score (nSPS) is 18.4. The summed E-state index contributed by atoms with van der Waals surface area (Å²) in [6, 6.07) is 1.50. The molecule has 1 saturated carbocycles. The first-order valence-electron chi connectivity index (χ1n) is 6.43. The molecule has 1 heterocycles. The maximum atomic E-state index is 13.5. The first-order valence-corrected chi connectivity index (χ1v) is 6.43. The molecule has 1 aromatic heterocycles. The van der Waals surface area contributed by atoms with Crippen molar-refractivity contribution in [1.82, 2.24) is 4.98 Å². The Bertz CT molecular complexity index is 384. The molecule has 0 aromatic carbocycles. The van der Waals surface area contributed by atoms with Crippen LogP contribution >= 0.6 is 0 Å². The summed E-state index contributed by atoms with van der Waals surface area (Å²) in [4.78, 5) is 15.9. The van der Waals surface area contributed by atoms with Gasteiger partial charge in [0.05, 0.1) is 11.8 Å². The van der Waals surface area contributed by atoms with Gasteiger partial charge in [0, 0.05) is 12.1 Å². The Labute approximate surface area is 101 Å². The summed E-state index contributed by atoms with van der Waals surface area (Å²) in [7, 11) is 0. The van der Waals surface area contributed by atoms with Crippen LogP contribution in [0.1, 0.15) is 55.3 Å².